The van der Waals surface area contributed by atoms with Crippen LogP contribution >= 0.6 is 0 Å². The first-order valence-corrected chi connectivity index (χ1v) is 19.1. The Morgan fingerprint density at radius 2 is 1.60 bits per heavy atom. The average Bonchev–Trinajstić information content (AvgIpc) is 3.29. The fourth-order valence-corrected chi connectivity index (χ4v) is 11.3. The van der Waals surface area contributed by atoms with Crippen molar-refractivity contribution in [1.82, 2.24) is 10.6 Å². The van der Waals surface area contributed by atoms with Crippen molar-refractivity contribution in [3.05, 3.63) is 0 Å². The third kappa shape index (κ3) is 8.36. The van der Waals surface area contributed by atoms with Crippen molar-refractivity contribution in [2.45, 2.75) is 136 Å². The first-order valence-electron chi connectivity index (χ1n) is 17.8. The lowest BCUT2D eigenvalue weighted by atomic mass is 9.43. The summed E-state index contributed by atoms with van der Waals surface area (Å²) in [5.74, 6) is 3.21. The number of aliphatic hydroxyl groups excluding tert-OH is 1. The third-order valence-electron chi connectivity index (χ3n) is 13.1. The molecule has 4 aliphatic carbocycles. The molecular weight excluding hydrogens is 562 g/mol. The Kier molecular flexibility index (Phi) is 12.5. The molecule has 252 valence electrons. The predicted molar refractivity (Wildman–Crippen MR) is 174 cm³/mol. The van der Waals surface area contributed by atoms with Gasteiger partial charge in [0.1, 0.15) is 0 Å². The maximum atomic E-state index is 11.8. The molecule has 43 heavy (non-hydrogen) atoms. The zero-order valence-electron chi connectivity index (χ0n) is 27.9. The molecular formula is C34H65N3O5S. The van der Waals surface area contributed by atoms with Crippen LogP contribution in [0.1, 0.15) is 118 Å². The van der Waals surface area contributed by atoms with Gasteiger partial charge in [0.15, 0.2) is 0 Å². The van der Waals surface area contributed by atoms with Crippen LogP contribution < -0.4 is 16.4 Å². The van der Waals surface area contributed by atoms with E-state index in [1.807, 2.05) is 13.8 Å². The summed E-state index contributed by atoms with van der Waals surface area (Å²) in [6, 6.07) is 0.573. The van der Waals surface area contributed by atoms with E-state index in [2.05, 4.69) is 31.4 Å². The van der Waals surface area contributed by atoms with E-state index >= 15 is 0 Å². The van der Waals surface area contributed by atoms with Crippen molar-refractivity contribution >= 4 is 10.4 Å². The molecule has 11 atom stereocenters. The number of nitrogens with one attached hydrogen (secondary N) is 2. The molecule has 4 saturated carbocycles. The molecule has 0 amide bonds. The van der Waals surface area contributed by atoms with Gasteiger partial charge in [-0.2, -0.15) is 8.42 Å². The van der Waals surface area contributed by atoms with E-state index in [1.165, 1.54) is 44.9 Å². The molecule has 0 aromatic carbocycles. The maximum absolute atomic E-state index is 11.8. The highest BCUT2D eigenvalue weighted by molar-refractivity contribution is 7.80. The van der Waals surface area contributed by atoms with Gasteiger partial charge in [-0.05, 0) is 162 Å². The number of aliphatic hydroxyl groups is 1. The molecule has 0 aromatic rings. The third-order valence-corrected chi connectivity index (χ3v) is 13.6. The van der Waals surface area contributed by atoms with Crippen molar-refractivity contribution in [2.24, 2.45) is 58.0 Å². The minimum Gasteiger partial charge on any atom is -0.393 e. The Bertz CT molecular complexity index is 981. The van der Waals surface area contributed by atoms with Gasteiger partial charge >= 0.3 is 10.4 Å². The molecule has 0 saturated heterocycles. The fraction of sp³-hybridized carbons (Fsp3) is 1.00. The second kappa shape index (κ2) is 15.1. The summed E-state index contributed by atoms with van der Waals surface area (Å²) in [4.78, 5) is 0. The molecule has 0 aromatic heterocycles. The smallest absolute Gasteiger partial charge is 0.393 e. The zero-order chi connectivity index (χ0) is 31.4. The van der Waals surface area contributed by atoms with E-state index in [1.54, 1.807) is 0 Å². The normalized spacial score (nSPS) is 39.2. The predicted octanol–water partition coefficient (Wildman–Crippen LogP) is 5.55. The van der Waals surface area contributed by atoms with Crippen molar-refractivity contribution in [1.29, 1.82) is 0 Å². The number of rotatable bonds is 16. The molecule has 4 fully saturated rings. The highest BCUT2D eigenvalue weighted by Crippen LogP contribution is 2.68. The van der Waals surface area contributed by atoms with Crippen LogP contribution in [0.5, 0.6) is 0 Å². The monoisotopic (exact) mass is 627 g/mol. The summed E-state index contributed by atoms with van der Waals surface area (Å²) in [6.07, 6.45) is 13.7. The minimum atomic E-state index is -4.45. The summed E-state index contributed by atoms with van der Waals surface area (Å²) in [5, 5.41) is 19.2. The van der Waals surface area contributed by atoms with E-state index < -0.39 is 16.5 Å². The van der Waals surface area contributed by atoms with E-state index in [-0.39, 0.29) is 17.4 Å². The summed E-state index contributed by atoms with van der Waals surface area (Å²) >= 11 is 0. The van der Waals surface area contributed by atoms with E-state index in [0.717, 1.165) is 58.3 Å². The first-order chi connectivity index (χ1) is 20.3. The Morgan fingerprint density at radius 3 is 2.30 bits per heavy atom. The lowest BCUT2D eigenvalue weighted by molar-refractivity contribution is -0.167. The molecule has 5 unspecified atom stereocenters. The van der Waals surface area contributed by atoms with Crippen LogP contribution in [-0.2, 0) is 14.6 Å². The Hall–Kier alpha value is -0.290. The average molecular weight is 628 g/mol. The SMILES string of the molecule is CC(C)C(CCC(C)[C@H]1CCC2C3C(CC[C@@]21C)[C@@]1(C)CC[C@@H](NCCCNCCCCN)C[C@@H]1C[C@H]3O)OS(=O)(=O)O. The van der Waals surface area contributed by atoms with Gasteiger partial charge in [-0.3, -0.25) is 4.55 Å². The van der Waals surface area contributed by atoms with Crippen LogP contribution in [0.2, 0.25) is 0 Å². The van der Waals surface area contributed by atoms with Gasteiger partial charge < -0.3 is 21.5 Å². The van der Waals surface area contributed by atoms with E-state index in [0.29, 0.717) is 53.4 Å². The molecule has 9 heteroatoms. The standard InChI is InChI=1S/C34H65N3O5S/c1-23(2)31(42-43(39,40)41)12-9-24(3)27-10-11-28-32-29(14-16-34(27,28)5)33(4)15-13-26(21-25(33)22-30(32)38)37-20-8-19-36-18-7-6-17-35/h23-32,36-38H,6-22,35H2,1-5H3,(H,39,40,41)/t24?,25-,26-,27-,28?,29?,30-,31?,32?,33+,34-/m1/s1. The fourth-order valence-electron chi connectivity index (χ4n) is 10.7. The second-order valence-corrected chi connectivity index (χ2v) is 17.0. The van der Waals surface area contributed by atoms with Gasteiger partial charge in [0.05, 0.1) is 12.2 Å². The van der Waals surface area contributed by atoms with Crippen LogP contribution in [0.4, 0.5) is 0 Å². The first kappa shape index (κ1) is 35.6. The number of hydrogen-bond acceptors (Lipinski definition) is 7. The number of fused-ring (bicyclic) bond motifs is 5. The summed E-state index contributed by atoms with van der Waals surface area (Å²) < 4.78 is 37.1. The highest BCUT2D eigenvalue weighted by Gasteiger charge is 2.62. The maximum Gasteiger partial charge on any atom is 0.397 e. The largest absolute Gasteiger partial charge is 0.397 e. The molecule has 0 heterocycles. The van der Waals surface area contributed by atoms with Crippen molar-refractivity contribution in [3.63, 3.8) is 0 Å². The molecule has 0 spiro atoms. The second-order valence-electron chi connectivity index (χ2n) is 15.9. The Balaban J connectivity index is 1.32. The number of hydrogen-bond donors (Lipinski definition) is 5. The molecule has 4 aliphatic rings. The molecule has 0 aliphatic heterocycles. The van der Waals surface area contributed by atoms with Gasteiger partial charge in [-0.1, -0.05) is 34.6 Å². The lowest BCUT2D eigenvalue weighted by Gasteiger charge is -2.62. The van der Waals surface area contributed by atoms with Gasteiger partial charge in [0.2, 0.25) is 0 Å². The molecule has 0 bridgehead atoms. The van der Waals surface area contributed by atoms with Gasteiger partial charge in [0, 0.05) is 6.04 Å². The van der Waals surface area contributed by atoms with Crippen LogP contribution in [0, 0.1) is 52.3 Å². The molecule has 8 nitrogen and oxygen atoms in total. The van der Waals surface area contributed by atoms with Crippen LogP contribution in [0.25, 0.3) is 0 Å². The van der Waals surface area contributed by atoms with Crippen molar-refractivity contribution < 1.29 is 22.3 Å². The zero-order valence-corrected chi connectivity index (χ0v) is 28.7. The molecule has 6 N–H and O–H groups in total. The van der Waals surface area contributed by atoms with Gasteiger partial charge in [0.25, 0.3) is 0 Å². The summed E-state index contributed by atoms with van der Waals surface area (Å²) in [7, 11) is -4.45. The molecule has 0 radical (unpaired) electrons. The van der Waals surface area contributed by atoms with E-state index in [9.17, 15) is 18.1 Å². The quantitative estimate of drug-likeness (QED) is 0.111. The van der Waals surface area contributed by atoms with Crippen LogP contribution in [0.15, 0.2) is 0 Å². The minimum absolute atomic E-state index is 0.0152. The van der Waals surface area contributed by atoms with Crippen molar-refractivity contribution in [2.75, 3.05) is 26.2 Å². The lowest BCUT2D eigenvalue weighted by Crippen LogP contribution is -2.59. The molecule has 4 rings (SSSR count). The summed E-state index contributed by atoms with van der Waals surface area (Å²) in [5.41, 5.74) is 6.13. The van der Waals surface area contributed by atoms with Gasteiger partial charge in [-0.25, -0.2) is 4.18 Å². The van der Waals surface area contributed by atoms with Crippen LogP contribution in [-0.4, -0.2) is 62.5 Å². The van der Waals surface area contributed by atoms with E-state index in [4.69, 9.17) is 9.92 Å². The van der Waals surface area contributed by atoms with Crippen LogP contribution in [0.3, 0.4) is 0 Å². The topological polar surface area (TPSA) is 134 Å². The Morgan fingerprint density at radius 1 is 0.907 bits per heavy atom. The summed E-state index contributed by atoms with van der Waals surface area (Å²) in [6.45, 7) is 15.3. The number of unbranched alkanes of at least 4 members (excludes halogenated alkanes) is 1. The van der Waals surface area contributed by atoms with Crippen molar-refractivity contribution in [3.8, 4) is 0 Å². The Labute approximate surface area is 263 Å². The van der Waals surface area contributed by atoms with Gasteiger partial charge in [-0.15, -0.1) is 0 Å². The highest BCUT2D eigenvalue weighted by atomic mass is 32.3. The number of nitrogens with two attached hydrogens (primary N) is 1.